The lowest BCUT2D eigenvalue weighted by Gasteiger charge is -2.16. The van der Waals surface area contributed by atoms with Crippen LogP contribution in [0.5, 0.6) is 5.75 Å². The smallest absolute Gasteiger partial charge is 0.269 e. The molecule has 110 valence electrons. The zero-order chi connectivity index (χ0) is 15.1. The van der Waals surface area contributed by atoms with E-state index < -0.39 is 4.92 Å². The monoisotopic (exact) mass is 286 g/mol. The molecule has 1 atom stereocenters. The fourth-order valence-corrected chi connectivity index (χ4v) is 2.12. The van der Waals surface area contributed by atoms with Crippen LogP contribution in [0.3, 0.4) is 0 Å². The third-order valence-corrected chi connectivity index (χ3v) is 3.27. The molecule has 5 nitrogen and oxygen atoms in total. The maximum atomic E-state index is 10.6. The molecule has 0 saturated carbocycles. The lowest BCUT2D eigenvalue weighted by atomic mass is 10.0. The van der Waals surface area contributed by atoms with Gasteiger partial charge in [0.15, 0.2) is 0 Å². The van der Waals surface area contributed by atoms with E-state index in [-0.39, 0.29) is 11.7 Å². The molecule has 0 aliphatic heterocycles. The van der Waals surface area contributed by atoms with Crippen molar-refractivity contribution in [3.8, 4) is 5.75 Å². The Kier molecular flexibility index (Phi) is 5.29. The number of nitro benzene ring substituents is 1. The van der Waals surface area contributed by atoms with Gasteiger partial charge in [0.05, 0.1) is 11.5 Å². The Labute approximate surface area is 123 Å². The van der Waals surface area contributed by atoms with Gasteiger partial charge >= 0.3 is 0 Å². The Morgan fingerprint density at radius 3 is 2.38 bits per heavy atom. The zero-order valence-corrected chi connectivity index (χ0v) is 11.9. The molecule has 0 aliphatic carbocycles. The van der Waals surface area contributed by atoms with E-state index in [9.17, 15) is 10.1 Å². The molecule has 0 heterocycles. The first-order chi connectivity index (χ1) is 10.2. The van der Waals surface area contributed by atoms with Gasteiger partial charge in [0, 0.05) is 24.6 Å². The summed E-state index contributed by atoms with van der Waals surface area (Å²) in [6.45, 7) is 0.540. The number of hydrogen-bond donors (Lipinski definition) is 1. The molecule has 21 heavy (non-hydrogen) atoms. The number of non-ortho nitro benzene ring substituents is 1. The van der Waals surface area contributed by atoms with Crippen molar-refractivity contribution >= 4 is 5.69 Å². The van der Waals surface area contributed by atoms with Gasteiger partial charge in [-0.25, -0.2) is 0 Å². The van der Waals surface area contributed by atoms with E-state index in [0.29, 0.717) is 12.4 Å². The van der Waals surface area contributed by atoms with Gasteiger partial charge < -0.3 is 10.1 Å². The van der Waals surface area contributed by atoms with Gasteiger partial charge in [-0.3, -0.25) is 10.1 Å². The van der Waals surface area contributed by atoms with Gasteiger partial charge in [0.1, 0.15) is 5.75 Å². The fraction of sp³-hybridized carbons (Fsp3) is 0.250. The summed E-state index contributed by atoms with van der Waals surface area (Å²) in [5.41, 5.74) is 1.28. The van der Waals surface area contributed by atoms with Crippen LogP contribution in [0.1, 0.15) is 18.0 Å². The summed E-state index contributed by atoms with van der Waals surface area (Å²) in [7, 11) is 1.92. The second-order valence-electron chi connectivity index (χ2n) is 4.64. The molecule has 2 rings (SSSR count). The highest BCUT2D eigenvalue weighted by atomic mass is 16.6. The number of nitro groups is 1. The molecule has 0 radical (unpaired) electrons. The Morgan fingerprint density at radius 1 is 1.14 bits per heavy atom. The summed E-state index contributed by atoms with van der Waals surface area (Å²) in [5.74, 6) is 0.642. The number of rotatable bonds is 7. The van der Waals surface area contributed by atoms with Gasteiger partial charge in [-0.2, -0.15) is 0 Å². The minimum absolute atomic E-state index is 0.0692. The van der Waals surface area contributed by atoms with E-state index in [1.165, 1.54) is 17.7 Å². The van der Waals surface area contributed by atoms with Gasteiger partial charge in [-0.15, -0.1) is 0 Å². The van der Waals surface area contributed by atoms with Crippen molar-refractivity contribution in [2.24, 2.45) is 0 Å². The van der Waals surface area contributed by atoms with E-state index >= 15 is 0 Å². The molecule has 0 aliphatic rings. The molecule has 2 aromatic carbocycles. The lowest BCUT2D eigenvalue weighted by molar-refractivity contribution is -0.384. The van der Waals surface area contributed by atoms with Crippen molar-refractivity contribution < 1.29 is 9.66 Å². The van der Waals surface area contributed by atoms with E-state index in [4.69, 9.17) is 4.74 Å². The van der Waals surface area contributed by atoms with Crippen LogP contribution < -0.4 is 10.1 Å². The Morgan fingerprint density at radius 2 is 1.81 bits per heavy atom. The maximum Gasteiger partial charge on any atom is 0.269 e. The number of nitrogens with one attached hydrogen (secondary N) is 1. The van der Waals surface area contributed by atoms with E-state index in [2.05, 4.69) is 17.4 Å². The van der Waals surface area contributed by atoms with E-state index in [1.807, 2.05) is 25.2 Å². The number of hydrogen-bond acceptors (Lipinski definition) is 4. The first-order valence-electron chi connectivity index (χ1n) is 6.80. The summed E-state index contributed by atoms with van der Waals surface area (Å²) < 4.78 is 5.63. The van der Waals surface area contributed by atoms with Crippen molar-refractivity contribution in [3.63, 3.8) is 0 Å². The molecule has 0 aromatic heterocycles. The molecule has 0 saturated heterocycles. The van der Waals surface area contributed by atoms with Crippen molar-refractivity contribution in [1.29, 1.82) is 0 Å². The first-order valence-corrected chi connectivity index (χ1v) is 6.80. The van der Waals surface area contributed by atoms with Crippen LogP contribution in [0.15, 0.2) is 54.6 Å². The average Bonchev–Trinajstić information content (AvgIpc) is 2.53. The SMILES string of the molecule is CN[C@@H](CCOc1ccc([N+](=O)[O-])cc1)c1ccccc1. The van der Waals surface area contributed by atoms with Crippen molar-refractivity contribution in [2.45, 2.75) is 12.5 Å². The quantitative estimate of drug-likeness (QED) is 0.626. The van der Waals surface area contributed by atoms with Crippen LogP contribution in [0, 0.1) is 10.1 Å². The third-order valence-electron chi connectivity index (χ3n) is 3.27. The van der Waals surface area contributed by atoms with Gasteiger partial charge in [0.25, 0.3) is 5.69 Å². The van der Waals surface area contributed by atoms with Gasteiger partial charge in [-0.1, -0.05) is 30.3 Å². The molecular formula is C16H18N2O3. The summed E-state index contributed by atoms with van der Waals surface area (Å²) in [5, 5.41) is 13.8. The molecule has 5 heteroatoms. The van der Waals surface area contributed by atoms with Crippen LogP contribution in [-0.4, -0.2) is 18.6 Å². The highest BCUT2D eigenvalue weighted by Crippen LogP contribution is 2.19. The highest BCUT2D eigenvalue weighted by Gasteiger charge is 2.09. The van der Waals surface area contributed by atoms with E-state index in [1.54, 1.807) is 12.1 Å². The molecule has 0 spiro atoms. The standard InChI is InChI=1S/C16H18N2O3/c1-17-16(13-5-3-2-4-6-13)11-12-21-15-9-7-14(8-10-15)18(19)20/h2-10,16-17H,11-12H2,1H3/t16-/m0/s1. The summed E-state index contributed by atoms with van der Waals surface area (Å²) in [4.78, 5) is 10.1. The molecular weight excluding hydrogens is 268 g/mol. The molecule has 1 N–H and O–H groups in total. The Bertz CT molecular complexity index is 570. The summed E-state index contributed by atoms with van der Waals surface area (Å²) >= 11 is 0. The van der Waals surface area contributed by atoms with Crippen LogP contribution in [0.2, 0.25) is 0 Å². The average molecular weight is 286 g/mol. The van der Waals surface area contributed by atoms with Gasteiger partial charge in [-0.05, 0) is 24.7 Å². The summed E-state index contributed by atoms with van der Waals surface area (Å²) in [6, 6.07) is 16.5. The Hall–Kier alpha value is -2.40. The number of benzene rings is 2. The molecule has 2 aromatic rings. The number of ether oxygens (including phenoxy) is 1. The van der Waals surface area contributed by atoms with Crippen molar-refractivity contribution in [2.75, 3.05) is 13.7 Å². The van der Waals surface area contributed by atoms with Crippen LogP contribution in [0.4, 0.5) is 5.69 Å². The highest BCUT2D eigenvalue weighted by molar-refractivity contribution is 5.35. The van der Waals surface area contributed by atoms with E-state index in [0.717, 1.165) is 6.42 Å². The third kappa shape index (κ3) is 4.29. The maximum absolute atomic E-state index is 10.6. The van der Waals surface area contributed by atoms with Crippen LogP contribution in [-0.2, 0) is 0 Å². The predicted molar refractivity (Wildman–Crippen MR) is 81.5 cm³/mol. The van der Waals surface area contributed by atoms with Gasteiger partial charge in [0.2, 0.25) is 0 Å². The lowest BCUT2D eigenvalue weighted by Crippen LogP contribution is -2.18. The molecule has 0 fully saturated rings. The second-order valence-corrected chi connectivity index (χ2v) is 4.64. The summed E-state index contributed by atoms with van der Waals surface area (Å²) in [6.07, 6.45) is 0.817. The molecule has 0 amide bonds. The topological polar surface area (TPSA) is 64.4 Å². The fourth-order valence-electron chi connectivity index (χ4n) is 2.12. The normalized spacial score (nSPS) is 11.9. The first kappa shape index (κ1) is 15.0. The molecule has 0 unspecified atom stereocenters. The predicted octanol–water partition coefficient (Wildman–Crippen LogP) is 3.32. The second kappa shape index (κ2) is 7.40. The zero-order valence-electron chi connectivity index (χ0n) is 11.9. The minimum atomic E-state index is -0.420. The number of nitrogens with zero attached hydrogens (tertiary/aromatic N) is 1. The molecule has 0 bridgehead atoms. The minimum Gasteiger partial charge on any atom is -0.494 e. The van der Waals surface area contributed by atoms with Crippen molar-refractivity contribution in [3.05, 3.63) is 70.3 Å². The van der Waals surface area contributed by atoms with Crippen LogP contribution >= 0.6 is 0 Å². The van der Waals surface area contributed by atoms with Crippen molar-refractivity contribution in [1.82, 2.24) is 5.32 Å². The Balaban J connectivity index is 1.87. The van der Waals surface area contributed by atoms with Crippen LogP contribution in [0.25, 0.3) is 0 Å². The largest absolute Gasteiger partial charge is 0.494 e.